The van der Waals surface area contributed by atoms with Crippen LogP contribution in [0.4, 0.5) is 0 Å². The average Bonchev–Trinajstić information content (AvgIpc) is 3.16. The number of benzene rings is 1. The summed E-state index contributed by atoms with van der Waals surface area (Å²) in [5.41, 5.74) is 2.70. The van der Waals surface area contributed by atoms with Gasteiger partial charge in [0.15, 0.2) is 0 Å². The van der Waals surface area contributed by atoms with E-state index in [1.165, 1.54) is 6.42 Å². The minimum Gasteiger partial charge on any atom is -0.322 e. The van der Waals surface area contributed by atoms with Gasteiger partial charge in [-0.1, -0.05) is 18.2 Å². The van der Waals surface area contributed by atoms with Crippen molar-refractivity contribution in [2.45, 2.75) is 44.4 Å². The Balaban J connectivity index is 1.31. The quantitative estimate of drug-likeness (QED) is 0.658. The first-order chi connectivity index (χ1) is 13.1. The summed E-state index contributed by atoms with van der Waals surface area (Å²) < 4.78 is 0. The Hall–Kier alpha value is -2.25. The maximum Gasteiger partial charge on any atom is 0.255 e. The van der Waals surface area contributed by atoms with Gasteiger partial charge in [-0.05, 0) is 48.9 Å². The lowest BCUT2D eigenvalue weighted by Gasteiger charge is -2.40. The molecule has 142 valence electrons. The lowest BCUT2D eigenvalue weighted by molar-refractivity contribution is -0.136. The lowest BCUT2D eigenvalue weighted by atomic mass is 9.71. The van der Waals surface area contributed by atoms with Gasteiger partial charge in [-0.25, -0.2) is 0 Å². The zero-order valence-electron chi connectivity index (χ0n) is 15.2. The smallest absolute Gasteiger partial charge is 0.255 e. The van der Waals surface area contributed by atoms with E-state index in [1.807, 2.05) is 18.2 Å². The molecular formula is C20H24N4O3. The number of carbonyl (C=O) groups is 3. The molecule has 3 heterocycles. The second-order valence-electron chi connectivity index (χ2n) is 8.16. The SMILES string of the molecule is O=C1CCC(N2Cc3cccc(CNC4CC5CNCC54)c3C2=O)C(=O)N1. The highest BCUT2D eigenvalue weighted by atomic mass is 16.2. The third-order valence-corrected chi connectivity index (χ3v) is 6.66. The van der Waals surface area contributed by atoms with Gasteiger partial charge >= 0.3 is 0 Å². The number of amides is 3. The van der Waals surface area contributed by atoms with Crippen molar-refractivity contribution in [2.75, 3.05) is 13.1 Å². The molecule has 3 aliphatic heterocycles. The number of imide groups is 1. The first-order valence-electron chi connectivity index (χ1n) is 9.81. The Morgan fingerprint density at radius 1 is 1.19 bits per heavy atom. The number of hydrogen-bond donors (Lipinski definition) is 3. The summed E-state index contributed by atoms with van der Waals surface area (Å²) in [6.45, 7) is 3.32. The highest BCUT2D eigenvalue weighted by Gasteiger charge is 2.44. The molecule has 0 bridgehead atoms. The van der Waals surface area contributed by atoms with Crippen LogP contribution in [-0.4, -0.2) is 47.8 Å². The van der Waals surface area contributed by atoms with Crippen molar-refractivity contribution in [1.82, 2.24) is 20.9 Å². The molecule has 3 N–H and O–H groups in total. The molecule has 4 atom stereocenters. The van der Waals surface area contributed by atoms with Crippen LogP contribution in [0.2, 0.25) is 0 Å². The van der Waals surface area contributed by atoms with E-state index in [2.05, 4.69) is 16.0 Å². The molecule has 3 fully saturated rings. The first kappa shape index (κ1) is 16.9. The monoisotopic (exact) mass is 368 g/mol. The standard InChI is InChI=1S/C20H24N4O3/c25-17-5-4-16(19(26)23-17)24-10-12-3-1-2-11(18(12)20(24)27)8-22-15-6-13-7-21-9-14(13)15/h1-3,13-16,21-22H,4-10H2,(H,23,25,26). The van der Waals surface area contributed by atoms with Gasteiger partial charge in [0.05, 0.1) is 0 Å². The highest BCUT2D eigenvalue weighted by molar-refractivity contribution is 6.05. The molecule has 1 saturated carbocycles. The van der Waals surface area contributed by atoms with Crippen LogP contribution < -0.4 is 16.0 Å². The van der Waals surface area contributed by atoms with E-state index in [0.717, 1.165) is 35.7 Å². The summed E-state index contributed by atoms with van der Waals surface area (Å²) in [6.07, 6.45) is 1.88. The van der Waals surface area contributed by atoms with Gasteiger partial charge in [0.1, 0.15) is 6.04 Å². The van der Waals surface area contributed by atoms with E-state index in [-0.39, 0.29) is 24.1 Å². The number of nitrogens with one attached hydrogen (secondary N) is 3. The van der Waals surface area contributed by atoms with E-state index in [4.69, 9.17) is 0 Å². The summed E-state index contributed by atoms with van der Waals surface area (Å²) in [5.74, 6) is 0.795. The molecule has 7 nitrogen and oxygen atoms in total. The van der Waals surface area contributed by atoms with E-state index < -0.39 is 6.04 Å². The Kier molecular flexibility index (Phi) is 4.02. The van der Waals surface area contributed by atoms with Crippen molar-refractivity contribution in [3.63, 3.8) is 0 Å². The van der Waals surface area contributed by atoms with E-state index >= 15 is 0 Å². The molecule has 0 aromatic heterocycles. The molecule has 7 heteroatoms. The Bertz CT molecular complexity index is 823. The van der Waals surface area contributed by atoms with Crippen molar-refractivity contribution in [2.24, 2.45) is 11.8 Å². The van der Waals surface area contributed by atoms with Crippen LogP contribution in [0.1, 0.15) is 40.7 Å². The van der Waals surface area contributed by atoms with Crippen LogP contribution in [0.5, 0.6) is 0 Å². The van der Waals surface area contributed by atoms with Gasteiger partial charge in [-0.15, -0.1) is 0 Å². The first-order valence-corrected chi connectivity index (χ1v) is 9.81. The van der Waals surface area contributed by atoms with E-state index in [1.54, 1.807) is 4.90 Å². The molecular weight excluding hydrogens is 344 g/mol. The summed E-state index contributed by atoms with van der Waals surface area (Å²) in [4.78, 5) is 38.3. The maximum atomic E-state index is 13.1. The topological polar surface area (TPSA) is 90.5 Å². The number of carbonyl (C=O) groups excluding carboxylic acids is 3. The van der Waals surface area contributed by atoms with Gasteiger partial charge in [0.25, 0.3) is 5.91 Å². The average molecular weight is 368 g/mol. The lowest BCUT2D eigenvalue weighted by Crippen LogP contribution is -2.52. The normalized spacial score (nSPS) is 32.1. The van der Waals surface area contributed by atoms with Crippen LogP contribution >= 0.6 is 0 Å². The summed E-state index contributed by atoms with van der Waals surface area (Å²) in [5, 5.41) is 9.43. The molecule has 2 saturated heterocycles. The van der Waals surface area contributed by atoms with Crippen molar-refractivity contribution in [3.8, 4) is 0 Å². The van der Waals surface area contributed by atoms with Crippen LogP contribution in [0.3, 0.4) is 0 Å². The Morgan fingerprint density at radius 2 is 2.07 bits per heavy atom. The van der Waals surface area contributed by atoms with Crippen molar-refractivity contribution >= 4 is 17.7 Å². The van der Waals surface area contributed by atoms with Gasteiger partial charge in [-0.3, -0.25) is 19.7 Å². The minimum atomic E-state index is -0.555. The summed E-state index contributed by atoms with van der Waals surface area (Å²) in [7, 11) is 0. The zero-order valence-corrected chi connectivity index (χ0v) is 15.2. The predicted molar refractivity (Wildman–Crippen MR) is 97.6 cm³/mol. The largest absolute Gasteiger partial charge is 0.322 e. The summed E-state index contributed by atoms with van der Waals surface area (Å²) in [6, 6.07) is 5.91. The second-order valence-corrected chi connectivity index (χ2v) is 8.16. The number of hydrogen-bond acceptors (Lipinski definition) is 5. The number of fused-ring (bicyclic) bond motifs is 2. The molecule has 0 radical (unpaired) electrons. The summed E-state index contributed by atoms with van der Waals surface area (Å²) >= 11 is 0. The van der Waals surface area contributed by atoms with Gasteiger partial charge in [-0.2, -0.15) is 0 Å². The minimum absolute atomic E-state index is 0.0917. The van der Waals surface area contributed by atoms with Crippen LogP contribution in [-0.2, 0) is 22.7 Å². The molecule has 27 heavy (non-hydrogen) atoms. The molecule has 5 rings (SSSR count). The maximum absolute atomic E-state index is 13.1. The fraction of sp³-hybridized carbons (Fsp3) is 0.550. The van der Waals surface area contributed by atoms with Gasteiger partial charge in [0, 0.05) is 31.1 Å². The number of piperidine rings is 1. The molecule has 4 aliphatic rings. The third kappa shape index (κ3) is 2.76. The molecule has 3 amide bonds. The predicted octanol–water partition coefficient (Wildman–Crippen LogP) is 0.145. The zero-order chi connectivity index (χ0) is 18.5. The van der Waals surface area contributed by atoms with Crippen LogP contribution in [0, 0.1) is 11.8 Å². The van der Waals surface area contributed by atoms with E-state index in [0.29, 0.717) is 31.5 Å². The Morgan fingerprint density at radius 3 is 2.89 bits per heavy atom. The second kappa shape index (κ2) is 6.42. The molecule has 1 aromatic rings. The molecule has 0 spiro atoms. The van der Waals surface area contributed by atoms with Gasteiger partial charge < -0.3 is 15.5 Å². The van der Waals surface area contributed by atoms with Crippen molar-refractivity contribution in [1.29, 1.82) is 0 Å². The molecule has 1 aliphatic carbocycles. The van der Waals surface area contributed by atoms with Crippen molar-refractivity contribution < 1.29 is 14.4 Å². The highest BCUT2D eigenvalue weighted by Crippen LogP contribution is 2.37. The molecule has 1 aromatic carbocycles. The fourth-order valence-corrected chi connectivity index (χ4v) is 5.10. The Labute approximate surface area is 157 Å². The fourth-order valence-electron chi connectivity index (χ4n) is 5.10. The van der Waals surface area contributed by atoms with Crippen molar-refractivity contribution in [3.05, 3.63) is 34.9 Å². The van der Waals surface area contributed by atoms with E-state index in [9.17, 15) is 14.4 Å². The molecule has 4 unspecified atom stereocenters. The van der Waals surface area contributed by atoms with Gasteiger partial charge in [0.2, 0.25) is 11.8 Å². The van der Waals surface area contributed by atoms with Crippen LogP contribution in [0.15, 0.2) is 18.2 Å². The third-order valence-electron chi connectivity index (χ3n) is 6.66. The number of rotatable bonds is 4. The number of nitrogens with zero attached hydrogens (tertiary/aromatic N) is 1. The van der Waals surface area contributed by atoms with Crippen LogP contribution in [0.25, 0.3) is 0 Å².